The van der Waals surface area contributed by atoms with Crippen molar-refractivity contribution in [1.82, 2.24) is 25.4 Å². The lowest BCUT2D eigenvalue weighted by molar-refractivity contribution is -0.0504. The van der Waals surface area contributed by atoms with E-state index in [1.807, 2.05) is 52.0 Å². The molecule has 0 aliphatic rings. The van der Waals surface area contributed by atoms with E-state index in [-0.39, 0.29) is 29.7 Å². The lowest BCUT2D eigenvalue weighted by Gasteiger charge is -2.15. The molecule has 2 heterocycles. The molecule has 0 aliphatic heterocycles. The predicted molar refractivity (Wildman–Crippen MR) is 136 cm³/mol. The van der Waals surface area contributed by atoms with Crippen molar-refractivity contribution in [2.45, 2.75) is 47.4 Å². The Balaban J connectivity index is 0.00000385. The maximum Gasteiger partial charge on any atom is 0.387 e. The fourth-order valence-electron chi connectivity index (χ4n) is 3.24. The van der Waals surface area contributed by atoms with Crippen LogP contribution in [0.4, 0.5) is 8.78 Å². The number of aryl methyl sites for hydroxylation is 3. The quantitative estimate of drug-likeness (QED) is 0.234. The van der Waals surface area contributed by atoms with E-state index in [4.69, 9.17) is 0 Å². The zero-order chi connectivity index (χ0) is 23.1. The summed E-state index contributed by atoms with van der Waals surface area (Å²) in [5.41, 5.74) is 4.48. The van der Waals surface area contributed by atoms with E-state index in [9.17, 15) is 8.78 Å². The minimum atomic E-state index is -2.87. The van der Waals surface area contributed by atoms with Gasteiger partial charge in [-0.25, -0.2) is 14.7 Å². The monoisotopic (exact) mass is 570 g/mol. The van der Waals surface area contributed by atoms with Crippen molar-refractivity contribution in [3.63, 3.8) is 0 Å². The van der Waals surface area contributed by atoms with Crippen LogP contribution < -0.4 is 15.4 Å². The molecule has 0 spiro atoms. The molecular formula is C23H29F2IN6O. The number of rotatable bonds is 8. The number of guanidine groups is 1. The van der Waals surface area contributed by atoms with Crippen molar-refractivity contribution in [2.75, 3.05) is 6.54 Å². The van der Waals surface area contributed by atoms with Crippen LogP contribution in [0.2, 0.25) is 0 Å². The van der Waals surface area contributed by atoms with E-state index in [1.165, 1.54) is 0 Å². The highest BCUT2D eigenvalue weighted by Gasteiger charge is 2.11. The highest BCUT2D eigenvalue weighted by molar-refractivity contribution is 14.0. The summed E-state index contributed by atoms with van der Waals surface area (Å²) in [7, 11) is 0. The minimum absolute atomic E-state index is 0. The molecule has 0 saturated heterocycles. The average Bonchev–Trinajstić information content (AvgIpc) is 3.09. The van der Waals surface area contributed by atoms with Crippen molar-refractivity contribution in [3.8, 4) is 11.6 Å². The normalized spacial score (nSPS) is 11.3. The van der Waals surface area contributed by atoms with Gasteiger partial charge in [-0.15, -0.1) is 24.0 Å². The van der Waals surface area contributed by atoms with E-state index in [2.05, 4.69) is 30.4 Å². The summed E-state index contributed by atoms with van der Waals surface area (Å²) in [4.78, 5) is 9.07. The summed E-state index contributed by atoms with van der Waals surface area (Å²) in [6.45, 7) is 6.29. The second kappa shape index (κ2) is 12.5. The number of nitrogens with zero attached hydrogens (tertiary/aromatic N) is 4. The number of hydrogen-bond donors (Lipinski definition) is 2. The Morgan fingerprint density at radius 3 is 2.52 bits per heavy atom. The van der Waals surface area contributed by atoms with Crippen LogP contribution in [-0.2, 0) is 13.1 Å². The number of halogens is 3. The Bertz CT molecular complexity index is 1070. The molecule has 0 aliphatic carbocycles. The van der Waals surface area contributed by atoms with Crippen molar-refractivity contribution in [3.05, 3.63) is 70.7 Å². The molecule has 178 valence electrons. The van der Waals surface area contributed by atoms with Gasteiger partial charge in [-0.1, -0.05) is 23.8 Å². The molecule has 0 radical (unpaired) electrons. The summed E-state index contributed by atoms with van der Waals surface area (Å²) in [5, 5.41) is 10.8. The molecule has 2 N–H and O–H groups in total. The average molecular weight is 570 g/mol. The Morgan fingerprint density at radius 1 is 1.12 bits per heavy atom. The Kier molecular flexibility index (Phi) is 10.0. The topological polar surface area (TPSA) is 76.4 Å². The summed E-state index contributed by atoms with van der Waals surface area (Å²) >= 11 is 0. The molecule has 7 nitrogen and oxygen atoms in total. The van der Waals surface area contributed by atoms with Gasteiger partial charge < -0.3 is 15.4 Å². The van der Waals surface area contributed by atoms with E-state index in [0.717, 1.165) is 28.3 Å². The van der Waals surface area contributed by atoms with Crippen LogP contribution in [0, 0.1) is 20.8 Å². The van der Waals surface area contributed by atoms with Crippen LogP contribution in [0.5, 0.6) is 5.75 Å². The van der Waals surface area contributed by atoms with Crippen LogP contribution in [0.1, 0.15) is 35.0 Å². The smallest absolute Gasteiger partial charge is 0.387 e. The molecule has 33 heavy (non-hydrogen) atoms. The van der Waals surface area contributed by atoms with Gasteiger partial charge in [0.25, 0.3) is 0 Å². The van der Waals surface area contributed by atoms with Gasteiger partial charge in [0.05, 0.1) is 12.2 Å². The van der Waals surface area contributed by atoms with Crippen LogP contribution in [0.15, 0.2) is 47.6 Å². The SMILES string of the molecule is CCNC(=NCc1ccc(-n2nc(C)cc2C)nc1)NCc1cc(C)ccc1OC(F)F.I. The molecule has 3 aromatic rings. The number of alkyl halides is 2. The number of nitrogens with one attached hydrogen (secondary N) is 2. The first-order valence-corrected chi connectivity index (χ1v) is 10.4. The minimum Gasteiger partial charge on any atom is -0.434 e. The molecule has 0 fully saturated rings. The standard InChI is InChI=1S/C23H28F2N6O.HI/c1-5-26-23(29-14-19-10-15(2)6-8-20(19)32-22(24)25)28-13-18-7-9-21(27-12-18)31-17(4)11-16(3)30-31;/h6-12,22H,5,13-14H2,1-4H3,(H2,26,28,29);1H. The summed E-state index contributed by atoms with van der Waals surface area (Å²) < 4.78 is 31.8. The molecule has 1 aromatic carbocycles. The molecule has 0 unspecified atom stereocenters. The van der Waals surface area contributed by atoms with Crippen molar-refractivity contribution in [1.29, 1.82) is 0 Å². The number of benzene rings is 1. The van der Waals surface area contributed by atoms with E-state index in [1.54, 1.807) is 23.0 Å². The second-order valence-corrected chi connectivity index (χ2v) is 7.40. The van der Waals surface area contributed by atoms with E-state index >= 15 is 0 Å². The molecule has 0 saturated carbocycles. The van der Waals surface area contributed by atoms with Crippen molar-refractivity contribution >= 4 is 29.9 Å². The molecule has 0 bridgehead atoms. The van der Waals surface area contributed by atoms with Gasteiger partial charge in [-0.2, -0.15) is 13.9 Å². The maximum absolute atomic E-state index is 12.7. The number of hydrogen-bond acceptors (Lipinski definition) is 4. The van der Waals surface area contributed by atoms with Crippen LogP contribution >= 0.6 is 24.0 Å². The first-order valence-electron chi connectivity index (χ1n) is 10.4. The third-order valence-corrected chi connectivity index (χ3v) is 4.68. The predicted octanol–water partition coefficient (Wildman–Crippen LogP) is 4.67. The lowest BCUT2D eigenvalue weighted by atomic mass is 10.1. The Labute approximate surface area is 209 Å². The highest BCUT2D eigenvalue weighted by atomic mass is 127. The fraction of sp³-hybridized carbons (Fsp3) is 0.348. The van der Waals surface area contributed by atoms with Crippen LogP contribution in [0.3, 0.4) is 0 Å². The molecule has 0 amide bonds. The van der Waals surface area contributed by atoms with Crippen LogP contribution in [0.25, 0.3) is 5.82 Å². The fourth-order valence-corrected chi connectivity index (χ4v) is 3.24. The number of pyridine rings is 1. The van der Waals surface area contributed by atoms with Gasteiger partial charge >= 0.3 is 6.61 Å². The highest BCUT2D eigenvalue weighted by Crippen LogP contribution is 2.22. The molecule has 2 aromatic heterocycles. The van der Waals surface area contributed by atoms with Gasteiger partial charge in [0.2, 0.25) is 0 Å². The number of aliphatic imine (C=N–C) groups is 1. The van der Waals surface area contributed by atoms with Gasteiger partial charge in [-0.05, 0) is 51.5 Å². The number of ether oxygens (including phenoxy) is 1. The third-order valence-electron chi connectivity index (χ3n) is 4.68. The van der Waals surface area contributed by atoms with Crippen molar-refractivity contribution in [2.24, 2.45) is 4.99 Å². The second-order valence-electron chi connectivity index (χ2n) is 7.40. The zero-order valence-corrected chi connectivity index (χ0v) is 21.4. The number of aromatic nitrogens is 3. The first kappa shape index (κ1) is 26.5. The van der Waals surface area contributed by atoms with Crippen LogP contribution in [-0.4, -0.2) is 33.9 Å². The summed E-state index contributed by atoms with van der Waals surface area (Å²) in [6.07, 6.45) is 1.77. The van der Waals surface area contributed by atoms with Gasteiger partial charge in [-0.3, -0.25) is 0 Å². The van der Waals surface area contributed by atoms with E-state index < -0.39 is 6.61 Å². The van der Waals surface area contributed by atoms with Gasteiger partial charge in [0.1, 0.15) is 5.75 Å². The largest absolute Gasteiger partial charge is 0.434 e. The Hall–Kier alpha value is -2.76. The zero-order valence-electron chi connectivity index (χ0n) is 19.1. The Morgan fingerprint density at radius 2 is 1.91 bits per heavy atom. The maximum atomic E-state index is 12.7. The molecule has 3 rings (SSSR count). The third kappa shape index (κ3) is 7.65. The first-order chi connectivity index (χ1) is 15.4. The van der Waals surface area contributed by atoms with E-state index in [0.29, 0.717) is 31.2 Å². The summed E-state index contributed by atoms with van der Waals surface area (Å²) in [6, 6.07) is 11.0. The molecular weight excluding hydrogens is 541 g/mol. The van der Waals surface area contributed by atoms with Gasteiger partial charge in [0, 0.05) is 30.5 Å². The summed E-state index contributed by atoms with van der Waals surface area (Å²) in [5.74, 6) is 1.47. The molecule has 0 atom stereocenters. The molecule has 10 heteroatoms. The van der Waals surface area contributed by atoms with Crippen molar-refractivity contribution < 1.29 is 13.5 Å². The lowest BCUT2D eigenvalue weighted by Crippen LogP contribution is -2.36. The van der Waals surface area contributed by atoms with Gasteiger partial charge in [0.15, 0.2) is 11.8 Å².